The van der Waals surface area contributed by atoms with Crippen molar-refractivity contribution in [3.63, 3.8) is 0 Å². The van der Waals surface area contributed by atoms with Crippen molar-refractivity contribution < 1.29 is 9.53 Å². The minimum atomic E-state index is 0.150. The zero-order valence-electron chi connectivity index (χ0n) is 12.0. The molecule has 1 unspecified atom stereocenters. The SMILES string of the molecule is O=C(CNCCC1CCCCO1)NC1CCCCC1. The van der Waals surface area contributed by atoms with Crippen LogP contribution in [0.3, 0.4) is 0 Å². The molecule has 2 aliphatic rings. The Hall–Kier alpha value is -0.610. The van der Waals surface area contributed by atoms with E-state index in [9.17, 15) is 4.79 Å². The third-order valence-electron chi connectivity index (χ3n) is 4.17. The largest absolute Gasteiger partial charge is 0.378 e. The quantitative estimate of drug-likeness (QED) is 0.724. The van der Waals surface area contributed by atoms with Gasteiger partial charge in [-0.1, -0.05) is 19.3 Å². The molecule has 1 saturated carbocycles. The van der Waals surface area contributed by atoms with Gasteiger partial charge in [0.15, 0.2) is 0 Å². The predicted molar refractivity (Wildman–Crippen MR) is 76.1 cm³/mol. The Morgan fingerprint density at radius 3 is 2.58 bits per heavy atom. The topological polar surface area (TPSA) is 50.4 Å². The van der Waals surface area contributed by atoms with Gasteiger partial charge < -0.3 is 15.4 Å². The first-order chi connectivity index (χ1) is 9.34. The summed E-state index contributed by atoms with van der Waals surface area (Å²) in [6.07, 6.45) is 11.2. The maximum absolute atomic E-state index is 11.8. The van der Waals surface area contributed by atoms with Crippen LogP contribution in [0, 0.1) is 0 Å². The molecule has 0 aromatic carbocycles. The van der Waals surface area contributed by atoms with Gasteiger partial charge in [0, 0.05) is 12.6 Å². The van der Waals surface area contributed by atoms with Crippen LogP contribution in [-0.4, -0.2) is 37.7 Å². The fraction of sp³-hybridized carbons (Fsp3) is 0.933. The summed E-state index contributed by atoms with van der Waals surface area (Å²) in [6, 6.07) is 0.421. The van der Waals surface area contributed by atoms with Crippen LogP contribution in [0.2, 0.25) is 0 Å². The molecule has 0 spiro atoms. The van der Waals surface area contributed by atoms with Gasteiger partial charge in [0.1, 0.15) is 0 Å². The van der Waals surface area contributed by atoms with Crippen molar-refractivity contribution in [2.24, 2.45) is 0 Å². The van der Waals surface area contributed by atoms with Gasteiger partial charge in [-0.05, 0) is 45.1 Å². The maximum atomic E-state index is 11.8. The molecule has 1 atom stereocenters. The highest BCUT2D eigenvalue weighted by Crippen LogP contribution is 2.17. The smallest absolute Gasteiger partial charge is 0.234 e. The average Bonchev–Trinajstić information content (AvgIpc) is 2.46. The molecule has 4 nitrogen and oxygen atoms in total. The van der Waals surface area contributed by atoms with E-state index >= 15 is 0 Å². The standard InChI is InChI=1S/C15H28N2O2/c18-15(17-13-6-2-1-3-7-13)12-16-10-9-14-8-4-5-11-19-14/h13-14,16H,1-12H2,(H,17,18). The number of carbonyl (C=O) groups is 1. The summed E-state index contributed by atoms with van der Waals surface area (Å²) in [6.45, 7) is 2.23. The lowest BCUT2D eigenvalue weighted by atomic mass is 9.95. The van der Waals surface area contributed by atoms with Gasteiger partial charge in [-0.15, -0.1) is 0 Å². The summed E-state index contributed by atoms with van der Waals surface area (Å²) in [5, 5.41) is 6.35. The Bertz CT molecular complexity index is 259. The summed E-state index contributed by atoms with van der Waals surface area (Å²) in [7, 11) is 0. The molecule has 0 aromatic heterocycles. The summed E-state index contributed by atoms with van der Waals surface area (Å²) in [4.78, 5) is 11.8. The Morgan fingerprint density at radius 1 is 1.05 bits per heavy atom. The Morgan fingerprint density at radius 2 is 1.84 bits per heavy atom. The van der Waals surface area contributed by atoms with Gasteiger partial charge in [-0.2, -0.15) is 0 Å². The predicted octanol–water partition coefficient (Wildman–Crippen LogP) is 1.98. The molecule has 2 N–H and O–H groups in total. The first-order valence-corrected chi connectivity index (χ1v) is 7.96. The zero-order chi connectivity index (χ0) is 13.3. The highest BCUT2D eigenvalue weighted by atomic mass is 16.5. The molecule has 1 saturated heterocycles. The van der Waals surface area contributed by atoms with Gasteiger partial charge in [-0.3, -0.25) is 4.79 Å². The van der Waals surface area contributed by atoms with E-state index in [4.69, 9.17) is 4.74 Å². The van der Waals surface area contributed by atoms with E-state index in [1.165, 1.54) is 38.5 Å². The second-order valence-corrected chi connectivity index (χ2v) is 5.86. The molecule has 0 bridgehead atoms. The molecule has 2 fully saturated rings. The molecule has 1 heterocycles. The molecule has 0 aromatic rings. The van der Waals surface area contributed by atoms with E-state index in [0.29, 0.717) is 18.7 Å². The van der Waals surface area contributed by atoms with Crippen LogP contribution in [-0.2, 0) is 9.53 Å². The minimum absolute atomic E-state index is 0.150. The van der Waals surface area contributed by atoms with Crippen molar-refractivity contribution in [1.29, 1.82) is 0 Å². The molecule has 1 aliphatic heterocycles. The summed E-state index contributed by atoms with van der Waals surface area (Å²) in [5.74, 6) is 0.150. The lowest BCUT2D eigenvalue weighted by Gasteiger charge is -2.23. The van der Waals surface area contributed by atoms with Crippen molar-refractivity contribution in [2.75, 3.05) is 19.7 Å². The molecule has 19 heavy (non-hydrogen) atoms. The molecule has 110 valence electrons. The van der Waals surface area contributed by atoms with Crippen molar-refractivity contribution in [1.82, 2.24) is 10.6 Å². The number of hydrogen-bond donors (Lipinski definition) is 2. The number of amides is 1. The fourth-order valence-electron chi connectivity index (χ4n) is 3.03. The molecule has 1 aliphatic carbocycles. The van der Waals surface area contributed by atoms with E-state index < -0.39 is 0 Å². The van der Waals surface area contributed by atoms with Crippen LogP contribution in [0.5, 0.6) is 0 Å². The maximum Gasteiger partial charge on any atom is 0.234 e. The van der Waals surface area contributed by atoms with E-state index in [1.807, 2.05) is 0 Å². The van der Waals surface area contributed by atoms with Gasteiger partial charge in [0.25, 0.3) is 0 Å². The minimum Gasteiger partial charge on any atom is -0.378 e. The molecule has 0 radical (unpaired) electrons. The number of ether oxygens (including phenoxy) is 1. The Kier molecular flexibility index (Phi) is 6.65. The first-order valence-electron chi connectivity index (χ1n) is 7.96. The number of nitrogens with one attached hydrogen (secondary N) is 2. The second kappa shape index (κ2) is 8.54. The third kappa shape index (κ3) is 5.91. The number of rotatable bonds is 6. The average molecular weight is 268 g/mol. The Balaban J connectivity index is 1.48. The number of carbonyl (C=O) groups excluding carboxylic acids is 1. The van der Waals surface area contributed by atoms with E-state index in [-0.39, 0.29) is 5.91 Å². The summed E-state index contributed by atoms with van der Waals surface area (Å²) in [5.41, 5.74) is 0. The van der Waals surface area contributed by atoms with Crippen LogP contribution < -0.4 is 10.6 Å². The fourth-order valence-corrected chi connectivity index (χ4v) is 3.03. The van der Waals surface area contributed by atoms with Crippen molar-refractivity contribution in [3.05, 3.63) is 0 Å². The van der Waals surface area contributed by atoms with Crippen molar-refractivity contribution in [3.8, 4) is 0 Å². The molecular formula is C15H28N2O2. The van der Waals surface area contributed by atoms with E-state index in [1.54, 1.807) is 0 Å². The van der Waals surface area contributed by atoms with Gasteiger partial charge in [0.2, 0.25) is 5.91 Å². The van der Waals surface area contributed by atoms with E-state index in [0.717, 1.165) is 32.4 Å². The molecule has 4 heteroatoms. The van der Waals surface area contributed by atoms with Gasteiger partial charge in [-0.25, -0.2) is 0 Å². The first kappa shape index (κ1) is 14.8. The second-order valence-electron chi connectivity index (χ2n) is 5.86. The van der Waals surface area contributed by atoms with Crippen LogP contribution >= 0.6 is 0 Å². The van der Waals surface area contributed by atoms with Crippen LogP contribution in [0.1, 0.15) is 57.8 Å². The van der Waals surface area contributed by atoms with Gasteiger partial charge in [0.05, 0.1) is 12.6 Å². The Labute approximate surface area is 116 Å². The van der Waals surface area contributed by atoms with Crippen molar-refractivity contribution >= 4 is 5.91 Å². The zero-order valence-corrected chi connectivity index (χ0v) is 12.0. The van der Waals surface area contributed by atoms with Crippen molar-refractivity contribution in [2.45, 2.75) is 69.9 Å². The van der Waals surface area contributed by atoms with E-state index in [2.05, 4.69) is 10.6 Å². The van der Waals surface area contributed by atoms with Gasteiger partial charge >= 0.3 is 0 Å². The van der Waals surface area contributed by atoms with Crippen LogP contribution in [0.4, 0.5) is 0 Å². The molecule has 2 rings (SSSR count). The lowest BCUT2D eigenvalue weighted by molar-refractivity contribution is -0.121. The summed E-state index contributed by atoms with van der Waals surface area (Å²) >= 11 is 0. The monoisotopic (exact) mass is 268 g/mol. The third-order valence-corrected chi connectivity index (χ3v) is 4.17. The van der Waals surface area contributed by atoms with Crippen LogP contribution in [0.25, 0.3) is 0 Å². The molecular weight excluding hydrogens is 240 g/mol. The molecule has 1 amide bonds. The normalized spacial score (nSPS) is 25.2. The van der Waals surface area contributed by atoms with Crippen LogP contribution in [0.15, 0.2) is 0 Å². The number of hydrogen-bond acceptors (Lipinski definition) is 3. The lowest BCUT2D eigenvalue weighted by Crippen LogP contribution is -2.41. The highest BCUT2D eigenvalue weighted by Gasteiger charge is 2.16. The summed E-state index contributed by atoms with van der Waals surface area (Å²) < 4.78 is 5.67. The highest BCUT2D eigenvalue weighted by molar-refractivity contribution is 5.78.